The summed E-state index contributed by atoms with van der Waals surface area (Å²) < 4.78 is 24.1. The Morgan fingerprint density at radius 2 is 1.17 bits per heavy atom. The number of nitrogens with zero attached hydrogens (tertiary/aromatic N) is 7. The lowest BCUT2D eigenvalue weighted by molar-refractivity contribution is 0.0430. The van der Waals surface area contributed by atoms with E-state index in [1.165, 1.54) is 35.9 Å². The lowest BCUT2D eigenvalue weighted by Crippen LogP contribution is -2.34. The number of aryl methyl sites for hydroxylation is 2. The number of ether oxygens (including phenoxy) is 2. The van der Waals surface area contributed by atoms with Gasteiger partial charge >= 0.3 is 23.5 Å². The number of carboxylic acid groups (broad SMARTS) is 1. The Morgan fingerprint density at radius 3 is 1.75 bits per heavy atom. The number of unbranched alkanes of at least 4 members (excludes halogenated alkanes) is 1. The highest BCUT2D eigenvalue weighted by Crippen LogP contribution is 2.48. The van der Waals surface area contributed by atoms with Gasteiger partial charge in [-0.2, -0.15) is 0 Å². The molecule has 0 spiro atoms. The zero-order chi connectivity index (χ0) is 60.1. The SMILES string of the molecule is O=C(OCCCCOC(=O)c1cc2cc3c4c(c2oc1=O)CCCN4CCC3)c1ccc(C(=O)O)c(-c2c3cc(Cl)c(=O)c(CN(Cc4ccccn4)Cc4ccccn4)c-3oc3c(CN(Cc4ccccn4)Cc4ccccn4)c(O)c(Cl)cc23)c1. The molecule has 4 aliphatic rings. The number of phenolic OH excluding ortho intramolecular Hbond substituents is 1. The van der Waals surface area contributed by atoms with E-state index in [1.54, 1.807) is 55.1 Å². The molecular weight excluding hydrogens is 1150 g/mol. The molecular formula is C67H57Cl2N7O11. The number of aromatic carboxylic acids is 1. The summed E-state index contributed by atoms with van der Waals surface area (Å²) >= 11 is 14.0. The largest absolute Gasteiger partial charge is 0.506 e. The van der Waals surface area contributed by atoms with Crippen LogP contribution < -0.4 is 16.0 Å². The van der Waals surface area contributed by atoms with Crippen molar-refractivity contribution >= 4 is 68.7 Å². The third-order valence-corrected chi connectivity index (χ3v) is 16.3. The Balaban J connectivity index is 0.883. The molecule has 0 amide bonds. The maximum atomic E-state index is 14.8. The molecule has 5 aromatic heterocycles. The number of anilines is 1. The number of carboxylic acids is 1. The van der Waals surface area contributed by atoms with Crippen LogP contribution in [0.3, 0.4) is 0 Å². The van der Waals surface area contributed by atoms with Crippen LogP contribution in [-0.4, -0.2) is 84.2 Å². The Labute approximate surface area is 508 Å². The highest BCUT2D eigenvalue weighted by Gasteiger charge is 2.32. The Hall–Kier alpha value is -9.33. The molecule has 0 atom stereocenters. The molecule has 0 unspecified atom stereocenters. The predicted molar refractivity (Wildman–Crippen MR) is 327 cm³/mol. The van der Waals surface area contributed by atoms with E-state index in [4.69, 9.17) is 41.5 Å². The molecule has 8 aromatic rings. The summed E-state index contributed by atoms with van der Waals surface area (Å²) in [4.78, 5) is 93.6. The number of aromatic nitrogens is 4. The van der Waals surface area contributed by atoms with Crippen molar-refractivity contribution in [1.82, 2.24) is 29.7 Å². The van der Waals surface area contributed by atoms with Crippen molar-refractivity contribution in [2.75, 3.05) is 31.2 Å². The van der Waals surface area contributed by atoms with Gasteiger partial charge in [0, 0.05) is 110 Å². The first-order chi connectivity index (χ1) is 42.3. The van der Waals surface area contributed by atoms with Gasteiger partial charge in [-0.1, -0.05) is 47.5 Å². The average molecular weight is 1210 g/mol. The monoisotopic (exact) mass is 1210 g/mol. The lowest BCUT2D eigenvalue weighted by Gasteiger charge is -2.37. The van der Waals surface area contributed by atoms with E-state index in [0.29, 0.717) is 33.7 Å². The van der Waals surface area contributed by atoms with E-state index in [1.807, 2.05) is 64.4 Å². The van der Waals surface area contributed by atoms with Gasteiger partial charge in [0.25, 0.3) is 0 Å². The average Bonchev–Trinajstić information content (AvgIpc) is 0.759. The van der Waals surface area contributed by atoms with Gasteiger partial charge in [0.05, 0.1) is 68.3 Å². The van der Waals surface area contributed by atoms with E-state index >= 15 is 0 Å². The zero-order valence-corrected chi connectivity index (χ0v) is 48.6. The molecule has 12 rings (SSSR count). The zero-order valence-electron chi connectivity index (χ0n) is 47.0. The highest BCUT2D eigenvalue weighted by atomic mass is 35.5. The number of aromatic hydroxyl groups is 1. The molecule has 0 saturated heterocycles. The molecule has 0 fully saturated rings. The number of halogens is 2. The van der Waals surface area contributed by atoms with Gasteiger partial charge in [-0.15, -0.1) is 0 Å². The van der Waals surface area contributed by atoms with Crippen molar-refractivity contribution in [3.8, 4) is 28.2 Å². The van der Waals surface area contributed by atoms with Crippen molar-refractivity contribution in [3.05, 3.63) is 232 Å². The molecule has 0 saturated carbocycles. The van der Waals surface area contributed by atoms with Gasteiger partial charge in [0.1, 0.15) is 28.2 Å². The number of fused-ring (bicyclic) bond motifs is 4. The van der Waals surface area contributed by atoms with Crippen molar-refractivity contribution in [2.24, 2.45) is 0 Å². The third-order valence-electron chi connectivity index (χ3n) is 15.7. The topological polar surface area (TPSA) is 232 Å². The minimum absolute atomic E-state index is 0.0140. The minimum atomic E-state index is -1.35. The fourth-order valence-electron chi connectivity index (χ4n) is 11.8. The highest BCUT2D eigenvalue weighted by molar-refractivity contribution is 6.33. The van der Waals surface area contributed by atoms with Crippen molar-refractivity contribution in [3.63, 3.8) is 0 Å². The lowest BCUT2D eigenvalue weighted by atomic mass is 9.87. The number of rotatable bonds is 21. The molecule has 18 nitrogen and oxygen atoms in total. The van der Waals surface area contributed by atoms with E-state index < -0.39 is 29.0 Å². The first-order valence-corrected chi connectivity index (χ1v) is 29.4. The maximum absolute atomic E-state index is 14.8. The fourth-order valence-corrected chi connectivity index (χ4v) is 12.2. The normalized spacial score (nSPS) is 12.9. The molecule has 20 heteroatoms. The molecule has 2 N–H and O–H groups in total. The summed E-state index contributed by atoms with van der Waals surface area (Å²) in [6, 6.07) is 32.6. The van der Waals surface area contributed by atoms with E-state index in [-0.39, 0.29) is 142 Å². The Bertz CT molecular complexity index is 4240. The summed E-state index contributed by atoms with van der Waals surface area (Å²) in [6.07, 6.45) is 10.9. The van der Waals surface area contributed by atoms with Crippen LogP contribution in [0.15, 0.2) is 158 Å². The van der Waals surface area contributed by atoms with Crippen LogP contribution in [0.4, 0.5) is 5.69 Å². The summed E-state index contributed by atoms with van der Waals surface area (Å²) in [7, 11) is 0. The standard InChI is InChI=1S/C67H57Cl2N7O11/c68-55-32-50-57(49-30-41(19-20-47(49)64(79)80)65(81)84-27-9-10-28-85-66(82)52-31-42-29-40-13-11-25-76-26-12-18-48(58(40)76)61(42)87-67(52)83)51-33-56(69)60(78)54(39-75(36-45-16-3-7-23-72-45)37-46-17-4-8-24-73-46)63(51)86-62(50)53(59(55)77)38-74(34-43-14-1-5-21-70-43)35-44-15-2-6-22-71-44/h1-8,14-17,19-24,29-33,77H,9-13,18,25-28,34-39H2,(H,79,80). The van der Waals surface area contributed by atoms with Crippen molar-refractivity contribution in [2.45, 2.75) is 77.8 Å². The Kier molecular flexibility index (Phi) is 17.2. The van der Waals surface area contributed by atoms with Crippen LogP contribution in [0.1, 0.15) is 102 Å². The van der Waals surface area contributed by atoms with Gasteiger partial charge in [0.15, 0.2) is 0 Å². The van der Waals surface area contributed by atoms with E-state index in [9.17, 15) is 34.2 Å². The molecule has 0 bridgehead atoms. The predicted octanol–water partition coefficient (Wildman–Crippen LogP) is 11.9. The van der Waals surface area contributed by atoms with E-state index in [2.05, 4.69) is 24.8 Å². The first kappa shape index (κ1) is 58.1. The quantitative estimate of drug-likeness (QED) is 0.0295. The molecule has 87 heavy (non-hydrogen) atoms. The van der Waals surface area contributed by atoms with Crippen LogP contribution in [0.25, 0.3) is 44.4 Å². The van der Waals surface area contributed by atoms with Gasteiger partial charge in [-0.05, 0) is 141 Å². The van der Waals surface area contributed by atoms with Gasteiger partial charge in [-0.25, -0.2) is 19.2 Å². The van der Waals surface area contributed by atoms with E-state index in [0.717, 1.165) is 50.0 Å². The number of esters is 2. The minimum Gasteiger partial charge on any atom is -0.506 e. The number of pyridine rings is 4. The number of phenols is 1. The van der Waals surface area contributed by atoms with Crippen molar-refractivity contribution in [1.29, 1.82) is 0 Å². The summed E-state index contributed by atoms with van der Waals surface area (Å²) in [5, 5.41) is 23.8. The molecule has 3 aromatic carbocycles. The molecule has 1 aliphatic carbocycles. The number of hydrogen-bond acceptors (Lipinski definition) is 17. The second-order valence-corrected chi connectivity index (χ2v) is 22.4. The summed E-state index contributed by atoms with van der Waals surface area (Å²) in [5.41, 5.74) is 5.58. The second kappa shape index (κ2) is 25.7. The first-order valence-electron chi connectivity index (χ1n) is 28.6. The number of hydrogen-bond donors (Lipinski definition) is 2. The van der Waals surface area contributed by atoms with Crippen molar-refractivity contribution < 1.29 is 42.9 Å². The Morgan fingerprint density at radius 1 is 0.598 bits per heavy atom. The van der Waals surface area contributed by atoms with Gasteiger partial charge < -0.3 is 33.4 Å². The molecule has 0 radical (unpaired) electrons. The fraction of sp³-hybridized carbons (Fsp3) is 0.239. The molecule has 8 heterocycles. The number of carbonyl (C=O) groups excluding carboxylic acids is 2. The van der Waals surface area contributed by atoms with Crippen LogP contribution in [-0.2, 0) is 61.6 Å². The smallest absolute Gasteiger partial charge is 0.351 e. The molecule has 3 aliphatic heterocycles. The third kappa shape index (κ3) is 12.5. The van der Waals surface area contributed by atoms with Crippen LogP contribution in [0.2, 0.25) is 10.0 Å². The number of carbonyl (C=O) groups is 3. The second-order valence-electron chi connectivity index (χ2n) is 21.6. The maximum Gasteiger partial charge on any atom is 0.351 e. The molecule has 440 valence electrons. The van der Waals surface area contributed by atoms with Gasteiger partial charge in [-0.3, -0.25) is 34.5 Å². The van der Waals surface area contributed by atoms with Crippen LogP contribution in [0.5, 0.6) is 5.75 Å². The van der Waals surface area contributed by atoms with Gasteiger partial charge in [0.2, 0.25) is 5.43 Å². The van der Waals surface area contributed by atoms with Crippen LogP contribution >= 0.6 is 23.2 Å². The summed E-state index contributed by atoms with van der Waals surface area (Å²) in [5.74, 6) is -3.29. The summed E-state index contributed by atoms with van der Waals surface area (Å²) in [6.45, 7) is 2.68. The van der Waals surface area contributed by atoms with Crippen LogP contribution in [0, 0.1) is 0 Å². The number of benzene rings is 4.